The molecular formula is C17H27NO. The first kappa shape index (κ1) is 15.7. The molecule has 1 aromatic rings. The van der Waals surface area contributed by atoms with E-state index in [1.807, 2.05) is 23.1 Å². The first-order chi connectivity index (χ1) is 9.22. The van der Waals surface area contributed by atoms with Gasteiger partial charge in [0.05, 0.1) is 0 Å². The van der Waals surface area contributed by atoms with Gasteiger partial charge in [-0.15, -0.1) is 0 Å². The van der Waals surface area contributed by atoms with Crippen LogP contribution in [0.15, 0.2) is 30.3 Å². The molecule has 0 saturated heterocycles. The lowest BCUT2D eigenvalue weighted by atomic mass is 9.97. The molecule has 0 aliphatic carbocycles. The van der Waals surface area contributed by atoms with E-state index in [1.54, 1.807) is 0 Å². The third kappa shape index (κ3) is 5.06. The van der Waals surface area contributed by atoms with E-state index in [2.05, 4.69) is 32.9 Å². The van der Waals surface area contributed by atoms with Crippen molar-refractivity contribution in [3.05, 3.63) is 35.9 Å². The van der Waals surface area contributed by atoms with Crippen LogP contribution in [0.3, 0.4) is 0 Å². The van der Waals surface area contributed by atoms with Gasteiger partial charge in [0.1, 0.15) is 0 Å². The molecule has 0 radical (unpaired) electrons. The molecule has 0 aliphatic rings. The molecule has 2 nitrogen and oxygen atoms in total. The first-order valence-electron chi connectivity index (χ1n) is 7.55. The molecule has 2 heteroatoms. The summed E-state index contributed by atoms with van der Waals surface area (Å²) in [7, 11) is 0. The molecule has 0 spiro atoms. The Bertz CT molecular complexity index is 361. The van der Waals surface area contributed by atoms with Gasteiger partial charge in [-0.2, -0.15) is 0 Å². The second-order valence-electron chi connectivity index (χ2n) is 5.09. The standard InChI is InChI=1S/C17H27NO/c1-4-7-13-16(5-2)17(19)18(6-3)14-15-11-9-8-10-12-15/h8-12,16H,4-7,13-14H2,1-3H3. The van der Waals surface area contributed by atoms with E-state index in [-0.39, 0.29) is 5.92 Å². The number of hydrogen-bond donors (Lipinski definition) is 0. The monoisotopic (exact) mass is 261 g/mol. The van der Waals surface area contributed by atoms with Gasteiger partial charge in [-0.3, -0.25) is 4.79 Å². The molecule has 0 fully saturated rings. The normalized spacial score (nSPS) is 12.2. The van der Waals surface area contributed by atoms with Gasteiger partial charge in [0, 0.05) is 19.0 Å². The maximum absolute atomic E-state index is 12.5. The fourth-order valence-corrected chi connectivity index (χ4v) is 2.36. The van der Waals surface area contributed by atoms with Crippen molar-refractivity contribution >= 4 is 5.91 Å². The Morgan fingerprint density at radius 2 is 1.84 bits per heavy atom. The van der Waals surface area contributed by atoms with E-state index in [0.29, 0.717) is 5.91 Å². The van der Waals surface area contributed by atoms with Gasteiger partial charge >= 0.3 is 0 Å². The van der Waals surface area contributed by atoms with Gasteiger partial charge in [0.2, 0.25) is 5.91 Å². The highest BCUT2D eigenvalue weighted by Gasteiger charge is 2.21. The zero-order valence-electron chi connectivity index (χ0n) is 12.6. The van der Waals surface area contributed by atoms with Crippen molar-refractivity contribution in [2.75, 3.05) is 6.54 Å². The Morgan fingerprint density at radius 1 is 1.16 bits per heavy atom. The SMILES string of the molecule is CCCCC(CC)C(=O)N(CC)Cc1ccccc1. The van der Waals surface area contributed by atoms with Crippen molar-refractivity contribution < 1.29 is 4.79 Å². The Kier molecular flexibility index (Phi) is 7.24. The number of hydrogen-bond acceptors (Lipinski definition) is 1. The average molecular weight is 261 g/mol. The molecule has 19 heavy (non-hydrogen) atoms. The molecule has 0 aliphatic heterocycles. The zero-order chi connectivity index (χ0) is 14.1. The van der Waals surface area contributed by atoms with Gasteiger partial charge in [0.25, 0.3) is 0 Å². The number of amides is 1. The van der Waals surface area contributed by atoms with Gasteiger partial charge in [-0.05, 0) is 25.3 Å². The highest BCUT2D eigenvalue weighted by molar-refractivity contribution is 5.78. The molecular weight excluding hydrogens is 234 g/mol. The van der Waals surface area contributed by atoms with Crippen LogP contribution in [-0.2, 0) is 11.3 Å². The van der Waals surface area contributed by atoms with E-state index in [0.717, 1.165) is 38.8 Å². The highest BCUT2D eigenvalue weighted by atomic mass is 16.2. The second kappa shape index (κ2) is 8.73. The molecule has 1 aromatic carbocycles. The second-order valence-corrected chi connectivity index (χ2v) is 5.09. The van der Waals surface area contributed by atoms with Gasteiger partial charge in [-0.1, -0.05) is 57.0 Å². The number of unbranched alkanes of at least 4 members (excludes halogenated alkanes) is 1. The molecule has 0 heterocycles. The molecule has 0 bridgehead atoms. The molecule has 1 unspecified atom stereocenters. The molecule has 1 amide bonds. The van der Waals surface area contributed by atoms with Gasteiger partial charge in [-0.25, -0.2) is 0 Å². The summed E-state index contributed by atoms with van der Waals surface area (Å²) in [6.07, 6.45) is 4.28. The fourth-order valence-electron chi connectivity index (χ4n) is 2.36. The van der Waals surface area contributed by atoms with Crippen molar-refractivity contribution in [2.45, 2.75) is 53.0 Å². The van der Waals surface area contributed by atoms with Crippen LogP contribution in [0.1, 0.15) is 52.0 Å². The van der Waals surface area contributed by atoms with Crippen LogP contribution in [-0.4, -0.2) is 17.4 Å². The summed E-state index contributed by atoms with van der Waals surface area (Å²) in [5, 5.41) is 0. The summed E-state index contributed by atoms with van der Waals surface area (Å²) < 4.78 is 0. The minimum Gasteiger partial charge on any atom is -0.338 e. The lowest BCUT2D eigenvalue weighted by molar-refractivity contribution is -0.136. The summed E-state index contributed by atoms with van der Waals surface area (Å²) >= 11 is 0. The highest BCUT2D eigenvalue weighted by Crippen LogP contribution is 2.17. The lowest BCUT2D eigenvalue weighted by Crippen LogP contribution is -2.35. The average Bonchev–Trinajstić information content (AvgIpc) is 2.46. The van der Waals surface area contributed by atoms with E-state index >= 15 is 0 Å². The quantitative estimate of drug-likeness (QED) is 0.685. The zero-order valence-corrected chi connectivity index (χ0v) is 12.6. The fraction of sp³-hybridized carbons (Fsp3) is 0.588. The van der Waals surface area contributed by atoms with Crippen LogP contribution in [0.2, 0.25) is 0 Å². The maximum atomic E-state index is 12.5. The van der Waals surface area contributed by atoms with Crippen molar-refractivity contribution in [3.8, 4) is 0 Å². The molecule has 0 saturated carbocycles. The number of carbonyl (C=O) groups is 1. The van der Waals surface area contributed by atoms with Crippen LogP contribution in [0.4, 0.5) is 0 Å². The maximum Gasteiger partial charge on any atom is 0.225 e. The minimum atomic E-state index is 0.198. The van der Waals surface area contributed by atoms with E-state index in [9.17, 15) is 4.79 Å². The molecule has 0 aromatic heterocycles. The van der Waals surface area contributed by atoms with Crippen LogP contribution >= 0.6 is 0 Å². The van der Waals surface area contributed by atoms with Crippen LogP contribution in [0.25, 0.3) is 0 Å². The third-order valence-corrected chi connectivity index (χ3v) is 3.66. The molecule has 106 valence electrons. The topological polar surface area (TPSA) is 20.3 Å². The summed E-state index contributed by atoms with van der Waals surface area (Å²) in [6, 6.07) is 10.2. The van der Waals surface area contributed by atoms with Crippen molar-refractivity contribution in [1.29, 1.82) is 0 Å². The number of nitrogens with zero attached hydrogens (tertiary/aromatic N) is 1. The summed E-state index contributed by atoms with van der Waals surface area (Å²) in [6.45, 7) is 7.88. The third-order valence-electron chi connectivity index (χ3n) is 3.66. The molecule has 1 atom stereocenters. The minimum absolute atomic E-state index is 0.198. The Balaban J connectivity index is 2.64. The largest absolute Gasteiger partial charge is 0.338 e. The smallest absolute Gasteiger partial charge is 0.225 e. The van der Waals surface area contributed by atoms with Crippen molar-refractivity contribution in [2.24, 2.45) is 5.92 Å². The first-order valence-corrected chi connectivity index (χ1v) is 7.55. The van der Waals surface area contributed by atoms with Crippen molar-refractivity contribution in [1.82, 2.24) is 4.90 Å². The van der Waals surface area contributed by atoms with Gasteiger partial charge < -0.3 is 4.90 Å². The summed E-state index contributed by atoms with van der Waals surface area (Å²) in [5.41, 5.74) is 1.21. The van der Waals surface area contributed by atoms with Crippen LogP contribution in [0.5, 0.6) is 0 Å². The van der Waals surface area contributed by atoms with E-state index in [1.165, 1.54) is 5.56 Å². The molecule has 0 N–H and O–H groups in total. The van der Waals surface area contributed by atoms with Gasteiger partial charge in [0.15, 0.2) is 0 Å². The summed E-state index contributed by atoms with van der Waals surface area (Å²) in [5.74, 6) is 0.519. The Labute approximate surface area is 117 Å². The summed E-state index contributed by atoms with van der Waals surface area (Å²) in [4.78, 5) is 14.5. The number of benzene rings is 1. The van der Waals surface area contributed by atoms with Crippen LogP contribution in [0, 0.1) is 5.92 Å². The van der Waals surface area contributed by atoms with E-state index < -0.39 is 0 Å². The van der Waals surface area contributed by atoms with Crippen LogP contribution < -0.4 is 0 Å². The Morgan fingerprint density at radius 3 is 2.37 bits per heavy atom. The van der Waals surface area contributed by atoms with E-state index in [4.69, 9.17) is 0 Å². The predicted octanol–water partition coefficient (Wildman–Crippen LogP) is 4.25. The number of carbonyl (C=O) groups excluding carboxylic acids is 1. The van der Waals surface area contributed by atoms with Crippen molar-refractivity contribution in [3.63, 3.8) is 0 Å². The molecule has 1 rings (SSSR count). The Hall–Kier alpha value is -1.31. The lowest BCUT2D eigenvalue weighted by Gasteiger charge is -2.26. The predicted molar refractivity (Wildman–Crippen MR) is 80.8 cm³/mol. The number of rotatable bonds is 8.